The number of aliphatic carboxylic acids is 1. The van der Waals surface area contributed by atoms with E-state index in [1.807, 2.05) is 32.9 Å². The molecule has 1 unspecified atom stereocenters. The van der Waals surface area contributed by atoms with Crippen LogP contribution in [0.25, 0.3) is 0 Å². The Morgan fingerprint density at radius 1 is 1.44 bits per heavy atom. The summed E-state index contributed by atoms with van der Waals surface area (Å²) in [6.45, 7) is 6.11. The van der Waals surface area contributed by atoms with Crippen molar-refractivity contribution < 1.29 is 9.90 Å². The van der Waals surface area contributed by atoms with Gasteiger partial charge in [-0.1, -0.05) is 26.8 Å². The zero-order valence-corrected chi connectivity index (χ0v) is 10.9. The summed E-state index contributed by atoms with van der Waals surface area (Å²) in [4.78, 5) is 10.7. The van der Waals surface area contributed by atoms with E-state index in [9.17, 15) is 4.79 Å². The Balaban J connectivity index is 3.21. The van der Waals surface area contributed by atoms with Crippen molar-refractivity contribution in [1.82, 2.24) is 0 Å². The highest BCUT2D eigenvalue weighted by atomic mass is 16.4. The fourth-order valence-electron chi connectivity index (χ4n) is 1.67. The van der Waals surface area contributed by atoms with Crippen molar-refractivity contribution in [1.29, 1.82) is 5.26 Å². The standard InChI is InChI=1S/C14H18N2O2/c1-14(2,3)11-5-9(8-15)4-10(6-11)12(16)7-13(17)18/h4-6,12H,7,16H2,1-3H3,(H,17,18). The molecule has 0 aliphatic carbocycles. The minimum absolute atomic E-state index is 0.107. The third-order valence-corrected chi connectivity index (χ3v) is 2.77. The summed E-state index contributed by atoms with van der Waals surface area (Å²) in [6.07, 6.45) is -0.140. The summed E-state index contributed by atoms with van der Waals surface area (Å²) in [6, 6.07) is 6.85. The molecule has 0 heterocycles. The molecule has 1 aromatic rings. The topological polar surface area (TPSA) is 87.1 Å². The Morgan fingerprint density at radius 3 is 2.50 bits per heavy atom. The van der Waals surface area contributed by atoms with E-state index in [2.05, 4.69) is 6.07 Å². The predicted molar refractivity (Wildman–Crippen MR) is 69.0 cm³/mol. The van der Waals surface area contributed by atoms with Gasteiger partial charge < -0.3 is 10.8 Å². The van der Waals surface area contributed by atoms with Crippen LogP contribution in [0.4, 0.5) is 0 Å². The molecule has 0 fully saturated rings. The van der Waals surface area contributed by atoms with Crippen molar-refractivity contribution in [2.24, 2.45) is 5.73 Å². The first-order chi connectivity index (χ1) is 8.24. The quantitative estimate of drug-likeness (QED) is 0.856. The van der Waals surface area contributed by atoms with Gasteiger partial charge in [-0.2, -0.15) is 5.26 Å². The van der Waals surface area contributed by atoms with Crippen LogP contribution < -0.4 is 5.73 Å². The number of rotatable bonds is 3. The third kappa shape index (κ3) is 3.57. The van der Waals surface area contributed by atoms with Crippen molar-refractivity contribution in [3.63, 3.8) is 0 Å². The van der Waals surface area contributed by atoms with Crippen LogP contribution >= 0.6 is 0 Å². The number of hydrogen-bond acceptors (Lipinski definition) is 3. The highest BCUT2D eigenvalue weighted by Crippen LogP contribution is 2.27. The second kappa shape index (κ2) is 5.19. The molecule has 1 atom stereocenters. The Hall–Kier alpha value is -1.86. The van der Waals surface area contributed by atoms with E-state index in [4.69, 9.17) is 16.1 Å². The highest BCUT2D eigenvalue weighted by Gasteiger charge is 2.18. The lowest BCUT2D eigenvalue weighted by Gasteiger charge is -2.21. The first-order valence-electron chi connectivity index (χ1n) is 5.77. The van der Waals surface area contributed by atoms with Gasteiger partial charge in [-0.3, -0.25) is 4.79 Å². The minimum atomic E-state index is -0.942. The van der Waals surface area contributed by atoms with Crippen LogP contribution in [0.3, 0.4) is 0 Å². The maximum Gasteiger partial charge on any atom is 0.305 e. The fraction of sp³-hybridized carbons (Fsp3) is 0.429. The Bertz CT molecular complexity index is 495. The van der Waals surface area contributed by atoms with Crippen molar-refractivity contribution in [2.45, 2.75) is 38.6 Å². The largest absolute Gasteiger partial charge is 0.481 e. The SMILES string of the molecule is CC(C)(C)c1cc(C#N)cc(C(N)CC(=O)O)c1. The van der Waals surface area contributed by atoms with E-state index >= 15 is 0 Å². The molecule has 18 heavy (non-hydrogen) atoms. The predicted octanol–water partition coefficient (Wildman–Crippen LogP) is 2.33. The second-order valence-corrected chi connectivity index (χ2v) is 5.41. The molecule has 0 aliphatic heterocycles. The van der Waals surface area contributed by atoms with Crippen LogP contribution in [0, 0.1) is 11.3 Å². The average molecular weight is 246 g/mol. The Kier molecular flexibility index (Phi) is 4.10. The van der Waals surface area contributed by atoms with E-state index in [1.165, 1.54) is 0 Å². The first kappa shape index (κ1) is 14.2. The molecule has 1 rings (SSSR count). The number of benzene rings is 1. The van der Waals surface area contributed by atoms with Crippen LogP contribution in [0.2, 0.25) is 0 Å². The van der Waals surface area contributed by atoms with Gasteiger partial charge >= 0.3 is 5.97 Å². The summed E-state index contributed by atoms with van der Waals surface area (Å²) < 4.78 is 0. The monoisotopic (exact) mass is 246 g/mol. The first-order valence-corrected chi connectivity index (χ1v) is 5.77. The number of hydrogen-bond donors (Lipinski definition) is 2. The second-order valence-electron chi connectivity index (χ2n) is 5.41. The number of carboxylic acids is 1. The molecule has 0 bridgehead atoms. The molecule has 4 nitrogen and oxygen atoms in total. The van der Waals surface area contributed by atoms with Gasteiger partial charge in [0.05, 0.1) is 18.1 Å². The molecule has 0 aromatic heterocycles. The van der Waals surface area contributed by atoms with Crippen molar-refractivity contribution in [3.05, 3.63) is 34.9 Å². The Labute approximate surface area is 107 Å². The number of nitriles is 1. The number of carboxylic acid groups (broad SMARTS) is 1. The van der Waals surface area contributed by atoms with Gasteiger partial charge in [-0.05, 0) is 28.7 Å². The molecule has 1 aromatic carbocycles. The van der Waals surface area contributed by atoms with Crippen LogP contribution in [-0.2, 0) is 10.2 Å². The molecule has 3 N–H and O–H groups in total. The number of nitrogens with two attached hydrogens (primary N) is 1. The van der Waals surface area contributed by atoms with Gasteiger partial charge in [-0.25, -0.2) is 0 Å². The maximum absolute atomic E-state index is 10.7. The van der Waals surface area contributed by atoms with Gasteiger partial charge in [0.15, 0.2) is 0 Å². The third-order valence-electron chi connectivity index (χ3n) is 2.77. The number of nitrogens with zero attached hydrogens (tertiary/aromatic N) is 1. The molecule has 0 spiro atoms. The van der Waals surface area contributed by atoms with E-state index in [-0.39, 0.29) is 11.8 Å². The lowest BCUT2D eigenvalue weighted by Crippen LogP contribution is -2.17. The molecule has 0 saturated carbocycles. The zero-order valence-electron chi connectivity index (χ0n) is 10.9. The van der Waals surface area contributed by atoms with Gasteiger partial charge in [0, 0.05) is 6.04 Å². The van der Waals surface area contributed by atoms with E-state index in [1.54, 1.807) is 6.07 Å². The van der Waals surface area contributed by atoms with Gasteiger partial charge in [0.1, 0.15) is 0 Å². The highest BCUT2D eigenvalue weighted by molar-refractivity contribution is 5.68. The van der Waals surface area contributed by atoms with Gasteiger partial charge in [-0.15, -0.1) is 0 Å². The summed E-state index contributed by atoms with van der Waals surface area (Å²) in [5.74, 6) is -0.942. The average Bonchev–Trinajstić information content (AvgIpc) is 2.26. The van der Waals surface area contributed by atoms with Crippen LogP contribution in [0.15, 0.2) is 18.2 Å². The number of carbonyl (C=O) groups is 1. The summed E-state index contributed by atoms with van der Waals surface area (Å²) >= 11 is 0. The lowest BCUT2D eigenvalue weighted by molar-refractivity contribution is -0.137. The van der Waals surface area contributed by atoms with Gasteiger partial charge in [0.25, 0.3) is 0 Å². The maximum atomic E-state index is 10.7. The molecule has 4 heteroatoms. The smallest absolute Gasteiger partial charge is 0.305 e. The fourth-order valence-corrected chi connectivity index (χ4v) is 1.67. The van der Waals surface area contributed by atoms with Crippen LogP contribution in [0.1, 0.15) is 49.9 Å². The summed E-state index contributed by atoms with van der Waals surface area (Å²) in [5.41, 5.74) is 7.93. The van der Waals surface area contributed by atoms with Crippen molar-refractivity contribution >= 4 is 5.97 Å². The van der Waals surface area contributed by atoms with Crippen molar-refractivity contribution in [3.8, 4) is 6.07 Å². The normalized spacial score (nSPS) is 12.8. The molecule has 0 saturated heterocycles. The van der Waals surface area contributed by atoms with E-state index in [0.29, 0.717) is 11.1 Å². The Morgan fingerprint density at radius 2 is 2.06 bits per heavy atom. The van der Waals surface area contributed by atoms with Crippen LogP contribution in [0.5, 0.6) is 0 Å². The van der Waals surface area contributed by atoms with E-state index in [0.717, 1.165) is 5.56 Å². The lowest BCUT2D eigenvalue weighted by atomic mass is 9.84. The molecular formula is C14H18N2O2. The van der Waals surface area contributed by atoms with E-state index < -0.39 is 12.0 Å². The molecule has 0 aliphatic rings. The van der Waals surface area contributed by atoms with Crippen molar-refractivity contribution in [2.75, 3.05) is 0 Å². The van der Waals surface area contributed by atoms with Gasteiger partial charge in [0.2, 0.25) is 0 Å². The molecule has 0 amide bonds. The van der Waals surface area contributed by atoms with Crippen LogP contribution in [-0.4, -0.2) is 11.1 Å². The zero-order chi connectivity index (χ0) is 13.9. The summed E-state index contributed by atoms with van der Waals surface area (Å²) in [5, 5.41) is 17.8. The minimum Gasteiger partial charge on any atom is -0.481 e. The molecule has 0 radical (unpaired) electrons. The molecular weight excluding hydrogens is 228 g/mol. The molecule has 96 valence electrons. The summed E-state index contributed by atoms with van der Waals surface area (Å²) in [7, 11) is 0.